The maximum absolute atomic E-state index is 12.8. The van der Waals surface area contributed by atoms with Crippen LogP contribution in [0.2, 0.25) is 0 Å². The molecule has 3 rings (SSSR count). The lowest BCUT2D eigenvalue weighted by Gasteiger charge is -2.40. The monoisotopic (exact) mass is 336 g/mol. The van der Waals surface area contributed by atoms with Gasteiger partial charge in [0.2, 0.25) is 0 Å². The van der Waals surface area contributed by atoms with Gasteiger partial charge >= 0.3 is 0 Å². The topological polar surface area (TPSA) is 23.6 Å². The second-order valence-corrected chi connectivity index (χ2v) is 7.33. The van der Waals surface area contributed by atoms with Crippen molar-refractivity contribution in [2.75, 3.05) is 19.6 Å². The number of amides is 1. The Kier molecular flexibility index (Phi) is 5.54. The molecule has 25 heavy (non-hydrogen) atoms. The van der Waals surface area contributed by atoms with E-state index >= 15 is 0 Å². The van der Waals surface area contributed by atoms with E-state index in [1.165, 1.54) is 11.1 Å². The molecule has 0 N–H and O–H groups in total. The molecule has 1 saturated heterocycles. The third kappa shape index (κ3) is 4.29. The van der Waals surface area contributed by atoms with Crippen LogP contribution in [-0.2, 0) is 6.54 Å². The minimum Gasteiger partial charge on any atom is -0.336 e. The van der Waals surface area contributed by atoms with E-state index in [2.05, 4.69) is 62.1 Å². The van der Waals surface area contributed by atoms with Gasteiger partial charge in [-0.2, -0.15) is 0 Å². The summed E-state index contributed by atoms with van der Waals surface area (Å²) in [6.07, 6.45) is 0. The minimum atomic E-state index is 0.154. The molecule has 0 aliphatic carbocycles. The first-order valence-corrected chi connectivity index (χ1v) is 9.22. The van der Waals surface area contributed by atoms with Gasteiger partial charge in [0.05, 0.1) is 0 Å². The largest absolute Gasteiger partial charge is 0.336 e. The Morgan fingerprint density at radius 1 is 1.04 bits per heavy atom. The van der Waals surface area contributed by atoms with E-state index in [1.54, 1.807) is 0 Å². The third-order valence-electron chi connectivity index (χ3n) is 5.11. The molecule has 0 radical (unpaired) electrons. The summed E-state index contributed by atoms with van der Waals surface area (Å²) in [6.45, 7) is 10.0. The zero-order valence-electron chi connectivity index (χ0n) is 15.5. The predicted molar refractivity (Wildman–Crippen MR) is 103 cm³/mol. The number of hydrogen-bond acceptors (Lipinski definition) is 2. The number of hydrogen-bond donors (Lipinski definition) is 0. The van der Waals surface area contributed by atoms with Crippen molar-refractivity contribution in [2.24, 2.45) is 0 Å². The van der Waals surface area contributed by atoms with Crippen molar-refractivity contribution >= 4 is 5.91 Å². The molecule has 1 unspecified atom stereocenters. The second kappa shape index (κ2) is 7.83. The maximum Gasteiger partial charge on any atom is 0.253 e. The molecule has 0 bridgehead atoms. The molecule has 1 amide bonds. The van der Waals surface area contributed by atoms with Crippen molar-refractivity contribution < 1.29 is 4.79 Å². The standard InChI is InChI=1S/C22H28N2O/c1-17(2)20-9-11-21(12-10-20)22(25)24-14-13-23(18(3)15-24)16-19-7-5-4-6-8-19/h4-12,17-18H,13-16H2,1-3H3. The smallest absolute Gasteiger partial charge is 0.253 e. The molecule has 3 nitrogen and oxygen atoms in total. The van der Waals surface area contributed by atoms with Crippen LogP contribution in [0.4, 0.5) is 0 Å². The summed E-state index contributed by atoms with van der Waals surface area (Å²) in [5.74, 6) is 0.646. The van der Waals surface area contributed by atoms with E-state index < -0.39 is 0 Å². The SMILES string of the molecule is CC(C)c1ccc(C(=O)N2CCN(Cc3ccccc3)C(C)C2)cc1. The fraction of sp³-hybridized carbons (Fsp3) is 0.409. The molecule has 0 spiro atoms. The number of carbonyl (C=O) groups is 1. The first-order chi connectivity index (χ1) is 12.0. The van der Waals surface area contributed by atoms with Gasteiger partial charge in [-0.25, -0.2) is 0 Å². The molecule has 1 aliphatic heterocycles. The van der Waals surface area contributed by atoms with Crippen LogP contribution < -0.4 is 0 Å². The Balaban J connectivity index is 1.61. The van der Waals surface area contributed by atoms with Gasteiger partial charge in [0.15, 0.2) is 0 Å². The molecule has 1 aliphatic rings. The van der Waals surface area contributed by atoms with Gasteiger partial charge in [-0.05, 0) is 36.1 Å². The summed E-state index contributed by atoms with van der Waals surface area (Å²) in [7, 11) is 0. The first-order valence-electron chi connectivity index (χ1n) is 9.22. The molecule has 2 aromatic rings. The summed E-state index contributed by atoms with van der Waals surface area (Å²) >= 11 is 0. The van der Waals surface area contributed by atoms with Gasteiger partial charge in [0.25, 0.3) is 5.91 Å². The lowest BCUT2D eigenvalue weighted by Crippen LogP contribution is -2.53. The van der Waals surface area contributed by atoms with Gasteiger partial charge < -0.3 is 4.90 Å². The van der Waals surface area contributed by atoms with E-state index in [4.69, 9.17) is 0 Å². The fourth-order valence-corrected chi connectivity index (χ4v) is 3.43. The molecule has 0 aromatic heterocycles. The van der Waals surface area contributed by atoms with Gasteiger partial charge in [0.1, 0.15) is 0 Å². The van der Waals surface area contributed by atoms with Gasteiger partial charge in [-0.3, -0.25) is 9.69 Å². The van der Waals surface area contributed by atoms with Crippen LogP contribution >= 0.6 is 0 Å². The van der Waals surface area contributed by atoms with E-state index in [1.807, 2.05) is 23.1 Å². The van der Waals surface area contributed by atoms with Gasteiger partial charge in [-0.15, -0.1) is 0 Å². The molecule has 1 fully saturated rings. The van der Waals surface area contributed by atoms with Crippen molar-refractivity contribution in [3.8, 4) is 0 Å². The quantitative estimate of drug-likeness (QED) is 0.837. The number of benzene rings is 2. The number of carbonyl (C=O) groups excluding carboxylic acids is 1. The Labute approximate surface area is 151 Å². The molecular formula is C22H28N2O. The Hall–Kier alpha value is -2.13. The molecule has 1 heterocycles. The highest BCUT2D eigenvalue weighted by Crippen LogP contribution is 2.18. The predicted octanol–water partition coefficient (Wildman–Crippen LogP) is 4.16. The van der Waals surface area contributed by atoms with Crippen molar-refractivity contribution in [1.82, 2.24) is 9.80 Å². The zero-order valence-corrected chi connectivity index (χ0v) is 15.5. The molecule has 2 aromatic carbocycles. The van der Waals surface area contributed by atoms with Crippen LogP contribution in [0.15, 0.2) is 54.6 Å². The summed E-state index contributed by atoms with van der Waals surface area (Å²) in [5.41, 5.74) is 3.41. The van der Waals surface area contributed by atoms with Crippen LogP contribution in [0.25, 0.3) is 0 Å². The molecule has 0 saturated carbocycles. The van der Waals surface area contributed by atoms with Gasteiger partial charge in [0, 0.05) is 37.8 Å². The van der Waals surface area contributed by atoms with Crippen LogP contribution in [0, 0.1) is 0 Å². The van der Waals surface area contributed by atoms with Crippen LogP contribution in [0.5, 0.6) is 0 Å². The Bertz CT molecular complexity index is 694. The summed E-state index contributed by atoms with van der Waals surface area (Å²) < 4.78 is 0. The highest BCUT2D eigenvalue weighted by Gasteiger charge is 2.27. The Morgan fingerprint density at radius 3 is 2.32 bits per heavy atom. The number of rotatable bonds is 4. The highest BCUT2D eigenvalue weighted by molar-refractivity contribution is 5.94. The van der Waals surface area contributed by atoms with Crippen LogP contribution in [0.3, 0.4) is 0 Å². The third-order valence-corrected chi connectivity index (χ3v) is 5.11. The van der Waals surface area contributed by atoms with Crippen molar-refractivity contribution in [1.29, 1.82) is 0 Å². The minimum absolute atomic E-state index is 0.154. The summed E-state index contributed by atoms with van der Waals surface area (Å²) in [5, 5.41) is 0. The zero-order chi connectivity index (χ0) is 17.8. The number of nitrogens with zero attached hydrogens (tertiary/aromatic N) is 2. The highest BCUT2D eigenvalue weighted by atomic mass is 16.2. The lowest BCUT2D eigenvalue weighted by molar-refractivity contribution is 0.0495. The average Bonchev–Trinajstić information content (AvgIpc) is 2.64. The molecule has 132 valence electrons. The normalized spacial score (nSPS) is 18.6. The summed E-state index contributed by atoms with van der Waals surface area (Å²) in [4.78, 5) is 17.3. The van der Waals surface area contributed by atoms with E-state index in [0.29, 0.717) is 12.0 Å². The molecule has 3 heteroatoms. The molecule has 1 atom stereocenters. The van der Waals surface area contributed by atoms with Crippen LogP contribution in [-0.4, -0.2) is 41.4 Å². The second-order valence-electron chi connectivity index (χ2n) is 7.33. The van der Waals surface area contributed by atoms with Crippen LogP contribution in [0.1, 0.15) is 48.2 Å². The van der Waals surface area contributed by atoms with E-state index in [9.17, 15) is 4.79 Å². The van der Waals surface area contributed by atoms with Crippen molar-refractivity contribution in [2.45, 2.75) is 39.3 Å². The van der Waals surface area contributed by atoms with E-state index in [-0.39, 0.29) is 5.91 Å². The maximum atomic E-state index is 12.8. The van der Waals surface area contributed by atoms with E-state index in [0.717, 1.165) is 31.7 Å². The van der Waals surface area contributed by atoms with Crippen molar-refractivity contribution in [3.63, 3.8) is 0 Å². The summed E-state index contributed by atoms with van der Waals surface area (Å²) in [6, 6.07) is 19.0. The average molecular weight is 336 g/mol. The van der Waals surface area contributed by atoms with Gasteiger partial charge in [-0.1, -0.05) is 56.3 Å². The molecular weight excluding hydrogens is 308 g/mol. The number of piperazine rings is 1. The lowest BCUT2D eigenvalue weighted by atomic mass is 10.0. The Morgan fingerprint density at radius 2 is 1.72 bits per heavy atom. The van der Waals surface area contributed by atoms with Crippen molar-refractivity contribution in [3.05, 3.63) is 71.3 Å². The fourth-order valence-electron chi connectivity index (χ4n) is 3.43. The first kappa shape index (κ1) is 17.7.